The van der Waals surface area contributed by atoms with Crippen molar-refractivity contribution in [2.24, 2.45) is 0 Å². The van der Waals surface area contributed by atoms with Crippen LogP contribution >= 0.6 is 11.6 Å². The Balaban J connectivity index is 1.23. The van der Waals surface area contributed by atoms with Gasteiger partial charge in [-0.15, -0.1) is 0 Å². The molecule has 41 heavy (non-hydrogen) atoms. The number of carbonyl (C=O) groups is 1. The third kappa shape index (κ3) is 6.82. The lowest BCUT2D eigenvalue weighted by molar-refractivity contribution is -0.138. The van der Waals surface area contributed by atoms with Crippen LogP contribution in [-0.2, 0) is 25.6 Å². The maximum atomic E-state index is 13.4. The van der Waals surface area contributed by atoms with Crippen molar-refractivity contribution in [3.8, 4) is 0 Å². The van der Waals surface area contributed by atoms with E-state index in [1.54, 1.807) is 13.1 Å². The number of nitrogens with one attached hydrogen (secondary N) is 2. The van der Waals surface area contributed by atoms with Gasteiger partial charge in [0.05, 0.1) is 5.56 Å². The number of amides is 1. The fourth-order valence-electron chi connectivity index (χ4n) is 5.06. The summed E-state index contributed by atoms with van der Waals surface area (Å²) in [6, 6.07) is 9.19. The van der Waals surface area contributed by atoms with E-state index in [-0.39, 0.29) is 29.5 Å². The number of nitrogens with zero attached hydrogens (tertiary/aromatic N) is 6. The van der Waals surface area contributed by atoms with Crippen LogP contribution in [0.4, 0.5) is 31.0 Å². The van der Waals surface area contributed by atoms with E-state index in [4.69, 9.17) is 16.6 Å². The number of halogens is 4. The number of piperazine rings is 1. The van der Waals surface area contributed by atoms with Gasteiger partial charge in [-0.1, -0.05) is 23.7 Å². The van der Waals surface area contributed by atoms with E-state index in [1.807, 2.05) is 12.1 Å². The topological polar surface area (TPSA) is 89.5 Å². The molecule has 3 heterocycles. The largest absolute Gasteiger partial charge is 0.416 e. The highest BCUT2D eigenvalue weighted by atomic mass is 35.5. The lowest BCUT2D eigenvalue weighted by atomic mass is 9.97. The molecule has 0 aliphatic carbocycles. The summed E-state index contributed by atoms with van der Waals surface area (Å²) >= 11 is 5.76. The Morgan fingerprint density at radius 1 is 0.951 bits per heavy atom. The molecule has 13 heteroatoms. The quantitative estimate of drug-likeness (QED) is 0.430. The normalized spacial score (nSPS) is 16.0. The molecule has 0 spiro atoms. The predicted molar refractivity (Wildman–Crippen MR) is 153 cm³/mol. The van der Waals surface area contributed by atoms with Crippen LogP contribution in [0, 0.1) is 0 Å². The van der Waals surface area contributed by atoms with Crippen molar-refractivity contribution in [1.29, 1.82) is 0 Å². The Bertz CT molecular complexity index is 1410. The number of aromatic nitrogens is 3. The smallest absolute Gasteiger partial charge is 0.357 e. The fraction of sp³-hybridized carbons (Fsp3) is 0.429. The van der Waals surface area contributed by atoms with E-state index in [2.05, 4.69) is 42.3 Å². The summed E-state index contributed by atoms with van der Waals surface area (Å²) in [4.78, 5) is 33.3. The van der Waals surface area contributed by atoms with Crippen molar-refractivity contribution in [3.63, 3.8) is 0 Å². The molecule has 0 saturated carbocycles. The highest BCUT2D eigenvalue weighted by molar-refractivity contribution is 6.30. The van der Waals surface area contributed by atoms with Crippen molar-refractivity contribution in [3.05, 3.63) is 69.2 Å². The fourth-order valence-corrected chi connectivity index (χ4v) is 5.24. The third-order valence-electron chi connectivity index (χ3n) is 7.44. The van der Waals surface area contributed by atoms with Crippen LogP contribution in [0.25, 0.3) is 0 Å². The van der Waals surface area contributed by atoms with Crippen molar-refractivity contribution >= 4 is 35.4 Å². The van der Waals surface area contributed by atoms with Crippen molar-refractivity contribution < 1.29 is 18.0 Å². The molecule has 5 rings (SSSR count). The molecule has 1 saturated heterocycles. The second kappa shape index (κ2) is 12.1. The molecule has 0 atom stereocenters. The van der Waals surface area contributed by atoms with E-state index >= 15 is 0 Å². The Kier molecular flexibility index (Phi) is 8.50. The predicted octanol–water partition coefficient (Wildman–Crippen LogP) is 3.87. The highest BCUT2D eigenvalue weighted by Gasteiger charge is 2.33. The molecule has 218 valence electrons. The van der Waals surface area contributed by atoms with E-state index in [0.29, 0.717) is 42.9 Å². The van der Waals surface area contributed by atoms with Crippen LogP contribution in [0.15, 0.2) is 36.4 Å². The number of fused-ring (bicyclic) bond motifs is 1. The zero-order chi connectivity index (χ0) is 29.1. The van der Waals surface area contributed by atoms with Gasteiger partial charge in [-0.05, 0) is 60.8 Å². The lowest BCUT2D eigenvalue weighted by Crippen LogP contribution is -2.45. The molecule has 1 aromatic heterocycles. The number of alkyl halides is 3. The van der Waals surface area contributed by atoms with Gasteiger partial charge in [0, 0.05) is 63.4 Å². The molecule has 2 N–H and O–H groups in total. The number of hydrogen-bond donors (Lipinski definition) is 2. The van der Waals surface area contributed by atoms with E-state index in [9.17, 15) is 18.0 Å². The summed E-state index contributed by atoms with van der Waals surface area (Å²) in [5, 5.41) is 5.81. The minimum absolute atomic E-state index is 0.0196. The molecule has 2 aliphatic heterocycles. The average molecular weight is 589 g/mol. The van der Waals surface area contributed by atoms with Gasteiger partial charge in [0.2, 0.25) is 17.8 Å². The van der Waals surface area contributed by atoms with Crippen LogP contribution in [-0.4, -0.2) is 79.1 Å². The van der Waals surface area contributed by atoms with Crippen molar-refractivity contribution in [1.82, 2.24) is 25.2 Å². The molecule has 0 bridgehead atoms. The van der Waals surface area contributed by atoms with Crippen molar-refractivity contribution in [2.75, 3.05) is 68.5 Å². The number of anilines is 3. The van der Waals surface area contributed by atoms with Gasteiger partial charge in [0.25, 0.3) is 5.91 Å². The first-order valence-corrected chi connectivity index (χ1v) is 13.9. The minimum atomic E-state index is -4.52. The first-order valence-electron chi connectivity index (χ1n) is 13.5. The van der Waals surface area contributed by atoms with Crippen LogP contribution in [0.5, 0.6) is 0 Å². The summed E-state index contributed by atoms with van der Waals surface area (Å²) in [7, 11) is 3.89. The van der Waals surface area contributed by atoms with Crippen LogP contribution in [0.3, 0.4) is 0 Å². The van der Waals surface area contributed by atoms with E-state index < -0.39 is 11.7 Å². The SMILES string of the molecule is CNc1nc(N2CCN(C)CC2)nc(N2CCc3cc(C(=O)NCCc4ccc(Cl)cc4C(F)(F)F)ccc3C2)n1. The molecule has 0 unspecified atom stereocenters. The van der Waals surface area contributed by atoms with Gasteiger partial charge in [-0.25, -0.2) is 0 Å². The Morgan fingerprint density at radius 3 is 2.39 bits per heavy atom. The monoisotopic (exact) mass is 588 g/mol. The van der Waals surface area contributed by atoms with Gasteiger partial charge in [0.1, 0.15) is 0 Å². The molecular formula is C28H32ClF3N8O. The second-order valence-corrected chi connectivity index (χ2v) is 10.7. The van der Waals surface area contributed by atoms with Gasteiger partial charge < -0.3 is 25.3 Å². The molecule has 9 nitrogen and oxygen atoms in total. The zero-order valence-electron chi connectivity index (χ0n) is 22.9. The molecule has 0 radical (unpaired) electrons. The molecular weight excluding hydrogens is 557 g/mol. The number of carbonyl (C=O) groups excluding carboxylic acids is 1. The maximum absolute atomic E-state index is 13.4. The summed E-state index contributed by atoms with van der Waals surface area (Å²) in [6.45, 7) is 4.90. The maximum Gasteiger partial charge on any atom is 0.416 e. The summed E-state index contributed by atoms with van der Waals surface area (Å²) < 4.78 is 40.1. The molecule has 3 aromatic rings. The van der Waals surface area contributed by atoms with Gasteiger partial charge in [-0.3, -0.25) is 4.79 Å². The van der Waals surface area contributed by atoms with Gasteiger partial charge in [0.15, 0.2) is 0 Å². The van der Waals surface area contributed by atoms with Gasteiger partial charge in [-0.2, -0.15) is 28.1 Å². The highest BCUT2D eigenvalue weighted by Crippen LogP contribution is 2.34. The summed E-state index contributed by atoms with van der Waals surface area (Å²) in [6.07, 6.45) is -3.78. The standard InChI is InChI=1S/C28H32ClF3N8O/c1-33-25-35-26(39-13-11-38(2)12-14-39)37-27(36-25)40-10-8-19-15-20(3-4-21(19)17-40)24(41)34-9-7-18-5-6-22(29)16-23(18)28(30,31)32/h3-6,15-16H,7-14,17H2,1-2H3,(H,34,41)(H,33,35,36,37). The number of rotatable bonds is 7. The lowest BCUT2D eigenvalue weighted by Gasteiger charge is -2.33. The summed E-state index contributed by atoms with van der Waals surface area (Å²) in [5.41, 5.74) is 1.89. The van der Waals surface area contributed by atoms with E-state index in [0.717, 1.165) is 43.4 Å². The minimum Gasteiger partial charge on any atom is -0.357 e. The van der Waals surface area contributed by atoms with E-state index in [1.165, 1.54) is 12.1 Å². The van der Waals surface area contributed by atoms with Crippen LogP contribution in [0.2, 0.25) is 5.02 Å². The number of likely N-dealkylation sites (N-methyl/N-ethyl adjacent to an activating group) is 1. The third-order valence-corrected chi connectivity index (χ3v) is 7.68. The first kappa shape index (κ1) is 28.9. The van der Waals surface area contributed by atoms with Crippen molar-refractivity contribution in [2.45, 2.75) is 25.6 Å². The molecule has 1 amide bonds. The number of benzene rings is 2. The van der Waals surface area contributed by atoms with Crippen LogP contribution < -0.4 is 20.4 Å². The molecule has 2 aliphatic rings. The Morgan fingerprint density at radius 2 is 1.68 bits per heavy atom. The zero-order valence-corrected chi connectivity index (χ0v) is 23.7. The second-order valence-electron chi connectivity index (χ2n) is 10.3. The first-order chi connectivity index (χ1) is 19.6. The Hall–Kier alpha value is -3.64. The molecule has 2 aromatic carbocycles. The Labute approximate surface area is 241 Å². The average Bonchev–Trinajstić information content (AvgIpc) is 2.96. The number of hydrogen-bond acceptors (Lipinski definition) is 8. The summed E-state index contributed by atoms with van der Waals surface area (Å²) in [5.74, 6) is 1.45. The van der Waals surface area contributed by atoms with Crippen LogP contribution in [0.1, 0.15) is 32.6 Å². The molecule has 1 fully saturated rings. The van der Waals surface area contributed by atoms with Gasteiger partial charge >= 0.3 is 6.18 Å².